The highest BCUT2D eigenvalue weighted by Crippen LogP contribution is 2.40. The molecule has 0 radical (unpaired) electrons. The van der Waals surface area contributed by atoms with Crippen LogP contribution in [0, 0.1) is 16.7 Å². The van der Waals surface area contributed by atoms with Crippen molar-refractivity contribution in [3.05, 3.63) is 29.8 Å². The average Bonchev–Trinajstić information content (AvgIpc) is 2.88. The van der Waals surface area contributed by atoms with Crippen LogP contribution in [0.3, 0.4) is 0 Å². The smallest absolute Gasteiger partial charge is 0.118 e. The summed E-state index contributed by atoms with van der Waals surface area (Å²) in [6.07, 6.45) is -0.252. The van der Waals surface area contributed by atoms with Crippen molar-refractivity contribution in [3.8, 4) is 11.8 Å². The predicted octanol–water partition coefficient (Wildman–Crippen LogP) is 1.66. The first-order valence-electron chi connectivity index (χ1n) is 5.53. The third-order valence-corrected chi connectivity index (χ3v) is 3.23. The lowest BCUT2D eigenvalue weighted by Crippen LogP contribution is -2.27. The van der Waals surface area contributed by atoms with Gasteiger partial charge in [-0.2, -0.15) is 5.26 Å². The highest BCUT2D eigenvalue weighted by atomic mass is 16.5. The van der Waals surface area contributed by atoms with E-state index < -0.39 is 11.5 Å². The van der Waals surface area contributed by atoms with Crippen molar-refractivity contribution in [1.82, 2.24) is 0 Å². The van der Waals surface area contributed by atoms with E-state index in [-0.39, 0.29) is 6.61 Å². The van der Waals surface area contributed by atoms with Crippen LogP contribution in [-0.4, -0.2) is 25.4 Å². The van der Waals surface area contributed by atoms with Crippen LogP contribution >= 0.6 is 0 Å². The van der Waals surface area contributed by atoms with Crippen molar-refractivity contribution in [2.45, 2.75) is 12.5 Å². The summed E-state index contributed by atoms with van der Waals surface area (Å²) in [4.78, 5) is 0. The zero-order chi connectivity index (χ0) is 12.3. The van der Waals surface area contributed by atoms with E-state index in [2.05, 4.69) is 6.07 Å². The number of rotatable bonds is 3. The first kappa shape index (κ1) is 11.9. The number of methoxy groups -OCH3 is 1. The summed E-state index contributed by atoms with van der Waals surface area (Å²) in [5, 5.41) is 19.5. The van der Waals surface area contributed by atoms with Gasteiger partial charge in [0.2, 0.25) is 0 Å². The van der Waals surface area contributed by atoms with E-state index in [9.17, 15) is 10.4 Å². The highest BCUT2D eigenvalue weighted by molar-refractivity contribution is 5.30. The van der Waals surface area contributed by atoms with E-state index in [1.54, 1.807) is 31.4 Å². The van der Waals surface area contributed by atoms with Crippen LogP contribution in [0.5, 0.6) is 5.75 Å². The molecule has 0 aliphatic carbocycles. The first-order chi connectivity index (χ1) is 8.22. The Hall–Kier alpha value is -1.57. The van der Waals surface area contributed by atoms with Gasteiger partial charge in [0, 0.05) is 6.61 Å². The topological polar surface area (TPSA) is 62.5 Å². The van der Waals surface area contributed by atoms with E-state index in [1.165, 1.54) is 0 Å². The molecular weight excluding hydrogens is 218 g/mol. The lowest BCUT2D eigenvalue weighted by molar-refractivity contribution is 0.0504. The van der Waals surface area contributed by atoms with E-state index in [0.717, 1.165) is 11.3 Å². The zero-order valence-corrected chi connectivity index (χ0v) is 9.72. The second-order valence-electron chi connectivity index (χ2n) is 4.25. The third kappa shape index (κ3) is 2.12. The van der Waals surface area contributed by atoms with Crippen LogP contribution in [0.2, 0.25) is 0 Å². The van der Waals surface area contributed by atoms with Gasteiger partial charge in [0.15, 0.2) is 0 Å². The number of aliphatic hydroxyl groups is 1. The minimum Gasteiger partial charge on any atom is -0.497 e. The van der Waals surface area contributed by atoms with Crippen LogP contribution in [-0.2, 0) is 4.74 Å². The van der Waals surface area contributed by atoms with Crippen LogP contribution in [0.1, 0.15) is 18.1 Å². The minimum absolute atomic E-state index is 0.288. The Balaban J connectivity index is 2.23. The molecule has 4 heteroatoms. The standard InChI is InChI=1S/C13H15NO3/c1-16-11-4-2-10(3-5-11)12(15)13(8-14)6-7-17-9-13/h2-5,12,15H,6-7,9H2,1H3. The van der Waals surface area contributed by atoms with Gasteiger partial charge in [0.05, 0.1) is 25.9 Å². The van der Waals surface area contributed by atoms with Crippen molar-refractivity contribution in [2.75, 3.05) is 20.3 Å². The molecular formula is C13H15NO3. The highest BCUT2D eigenvalue weighted by Gasteiger charge is 2.42. The van der Waals surface area contributed by atoms with Gasteiger partial charge in [-0.3, -0.25) is 0 Å². The van der Waals surface area contributed by atoms with E-state index in [0.29, 0.717) is 13.0 Å². The Kier molecular flexibility index (Phi) is 3.32. The van der Waals surface area contributed by atoms with Crippen LogP contribution in [0.15, 0.2) is 24.3 Å². The maximum Gasteiger partial charge on any atom is 0.118 e. The molecule has 1 aliphatic heterocycles. The maximum atomic E-state index is 10.3. The fourth-order valence-corrected chi connectivity index (χ4v) is 2.05. The monoisotopic (exact) mass is 233 g/mol. The quantitative estimate of drug-likeness (QED) is 0.862. The van der Waals surface area contributed by atoms with Gasteiger partial charge in [-0.25, -0.2) is 0 Å². The van der Waals surface area contributed by atoms with Crippen molar-refractivity contribution in [1.29, 1.82) is 5.26 Å². The van der Waals surface area contributed by atoms with Gasteiger partial charge in [-0.15, -0.1) is 0 Å². The van der Waals surface area contributed by atoms with Gasteiger partial charge in [-0.1, -0.05) is 12.1 Å². The Labute approximate surface area is 100 Å². The van der Waals surface area contributed by atoms with Crippen LogP contribution in [0.4, 0.5) is 0 Å². The SMILES string of the molecule is COc1ccc(C(O)C2(C#N)CCOC2)cc1. The molecule has 0 amide bonds. The van der Waals surface area contributed by atoms with Crippen LogP contribution in [0.25, 0.3) is 0 Å². The Morgan fingerprint density at radius 1 is 1.47 bits per heavy atom. The largest absolute Gasteiger partial charge is 0.497 e. The van der Waals surface area contributed by atoms with E-state index in [1.807, 2.05) is 0 Å². The molecule has 1 aromatic rings. The van der Waals surface area contributed by atoms with Crippen molar-refractivity contribution < 1.29 is 14.6 Å². The number of hydrogen-bond donors (Lipinski definition) is 1. The molecule has 1 aliphatic rings. The molecule has 2 atom stereocenters. The van der Waals surface area contributed by atoms with Gasteiger partial charge in [0.25, 0.3) is 0 Å². The normalized spacial score (nSPS) is 25.2. The number of ether oxygens (including phenoxy) is 2. The molecule has 0 bridgehead atoms. The number of nitriles is 1. The average molecular weight is 233 g/mol. The summed E-state index contributed by atoms with van der Waals surface area (Å²) < 4.78 is 10.3. The number of benzene rings is 1. The number of aliphatic hydroxyl groups excluding tert-OH is 1. The summed E-state index contributed by atoms with van der Waals surface area (Å²) >= 11 is 0. The molecule has 0 saturated carbocycles. The van der Waals surface area contributed by atoms with Crippen molar-refractivity contribution in [3.63, 3.8) is 0 Å². The fourth-order valence-electron chi connectivity index (χ4n) is 2.05. The number of hydrogen-bond acceptors (Lipinski definition) is 4. The molecule has 4 nitrogen and oxygen atoms in total. The zero-order valence-electron chi connectivity index (χ0n) is 9.72. The summed E-state index contributed by atoms with van der Waals surface area (Å²) in [6, 6.07) is 9.31. The summed E-state index contributed by atoms with van der Waals surface area (Å²) in [6.45, 7) is 0.817. The van der Waals surface area contributed by atoms with Gasteiger partial charge in [0.1, 0.15) is 11.2 Å². The molecule has 1 aromatic carbocycles. The molecule has 1 saturated heterocycles. The second kappa shape index (κ2) is 4.74. The predicted molar refractivity (Wildman–Crippen MR) is 61.4 cm³/mol. The molecule has 0 aromatic heterocycles. The molecule has 1 heterocycles. The summed E-state index contributed by atoms with van der Waals surface area (Å²) in [7, 11) is 1.59. The van der Waals surface area contributed by atoms with Crippen molar-refractivity contribution in [2.24, 2.45) is 5.41 Å². The summed E-state index contributed by atoms with van der Waals surface area (Å²) in [5.41, 5.74) is -0.0907. The van der Waals surface area contributed by atoms with Gasteiger partial charge in [-0.05, 0) is 24.1 Å². The number of nitrogens with zero attached hydrogens (tertiary/aromatic N) is 1. The summed E-state index contributed by atoms with van der Waals surface area (Å²) in [5.74, 6) is 0.731. The third-order valence-electron chi connectivity index (χ3n) is 3.23. The van der Waals surface area contributed by atoms with Crippen molar-refractivity contribution >= 4 is 0 Å². The molecule has 90 valence electrons. The Bertz CT molecular complexity index is 415. The molecule has 1 fully saturated rings. The Morgan fingerprint density at radius 3 is 2.65 bits per heavy atom. The minimum atomic E-state index is -0.819. The lowest BCUT2D eigenvalue weighted by Gasteiger charge is -2.25. The molecule has 2 rings (SSSR count). The lowest BCUT2D eigenvalue weighted by atomic mass is 9.79. The van der Waals surface area contributed by atoms with E-state index in [4.69, 9.17) is 9.47 Å². The molecule has 2 unspecified atom stereocenters. The van der Waals surface area contributed by atoms with Gasteiger partial charge < -0.3 is 14.6 Å². The fraction of sp³-hybridized carbons (Fsp3) is 0.462. The molecule has 0 spiro atoms. The maximum absolute atomic E-state index is 10.3. The van der Waals surface area contributed by atoms with E-state index >= 15 is 0 Å². The first-order valence-corrected chi connectivity index (χ1v) is 5.53. The molecule has 17 heavy (non-hydrogen) atoms. The van der Waals surface area contributed by atoms with Gasteiger partial charge >= 0.3 is 0 Å². The molecule has 1 N–H and O–H groups in total. The van der Waals surface area contributed by atoms with Crippen LogP contribution < -0.4 is 4.74 Å². The Morgan fingerprint density at radius 2 is 2.18 bits per heavy atom. The second-order valence-corrected chi connectivity index (χ2v) is 4.25.